The summed E-state index contributed by atoms with van der Waals surface area (Å²) in [5.74, 6) is 0.147. The van der Waals surface area contributed by atoms with Gasteiger partial charge in [-0.1, -0.05) is 28.1 Å². The number of benzene rings is 1. The molecule has 0 saturated carbocycles. The molecule has 20 heavy (non-hydrogen) atoms. The van der Waals surface area contributed by atoms with Crippen LogP contribution >= 0.6 is 15.9 Å². The molecule has 0 unspecified atom stereocenters. The average Bonchev–Trinajstić information content (AvgIpc) is 2.46. The fourth-order valence-electron chi connectivity index (χ4n) is 1.72. The van der Waals surface area contributed by atoms with Crippen LogP contribution in [0.25, 0.3) is 0 Å². The topological polar surface area (TPSA) is 72.1 Å². The maximum atomic E-state index is 10.9. The molecule has 0 fully saturated rings. The number of primary amides is 1. The Kier molecular flexibility index (Phi) is 4.68. The van der Waals surface area contributed by atoms with E-state index < -0.39 is 5.91 Å². The van der Waals surface area contributed by atoms with Crippen molar-refractivity contribution in [2.24, 2.45) is 5.73 Å². The van der Waals surface area contributed by atoms with Crippen molar-refractivity contribution >= 4 is 27.7 Å². The zero-order valence-electron chi connectivity index (χ0n) is 11.1. The number of nitrogens with zero attached hydrogens (tertiary/aromatic N) is 3. The number of amides is 1. The molecule has 1 heterocycles. The van der Waals surface area contributed by atoms with Crippen molar-refractivity contribution < 1.29 is 4.79 Å². The van der Waals surface area contributed by atoms with Gasteiger partial charge in [-0.3, -0.25) is 4.79 Å². The van der Waals surface area contributed by atoms with Crippen molar-refractivity contribution in [1.82, 2.24) is 10.2 Å². The molecule has 0 saturated heterocycles. The lowest BCUT2D eigenvalue weighted by atomic mass is 10.1. The SMILES string of the molecule is CN(CCc1ccc(Br)cc1)c1ccc(C(N)=O)nn1. The molecule has 2 aromatic rings. The molecule has 2 rings (SSSR count). The number of aromatic nitrogens is 2. The molecular formula is C14H15BrN4O. The van der Waals surface area contributed by atoms with Gasteiger partial charge in [0, 0.05) is 18.1 Å². The van der Waals surface area contributed by atoms with Crippen molar-refractivity contribution in [2.75, 3.05) is 18.5 Å². The molecule has 0 atom stereocenters. The average molecular weight is 335 g/mol. The number of hydrogen-bond acceptors (Lipinski definition) is 4. The molecule has 1 aromatic heterocycles. The van der Waals surface area contributed by atoms with Gasteiger partial charge in [0.1, 0.15) is 0 Å². The third-order valence-corrected chi connectivity index (χ3v) is 3.47. The Bertz CT molecular complexity index is 583. The quantitative estimate of drug-likeness (QED) is 0.907. The number of hydrogen-bond donors (Lipinski definition) is 1. The van der Waals surface area contributed by atoms with Crippen LogP contribution in [0.3, 0.4) is 0 Å². The minimum absolute atomic E-state index is 0.176. The zero-order valence-corrected chi connectivity index (χ0v) is 12.7. The third-order valence-electron chi connectivity index (χ3n) is 2.94. The minimum atomic E-state index is -0.568. The Morgan fingerprint density at radius 3 is 2.45 bits per heavy atom. The van der Waals surface area contributed by atoms with E-state index in [2.05, 4.69) is 38.3 Å². The van der Waals surface area contributed by atoms with Crippen LogP contribution in [-0.4, -0.2) is 29.7 Å². The van der Waals surface area contributed by atoms with Crippen LogP contribution in [0, 0.1) is 0 Å². The van der Waals surface area contributed by atoms with Crippen molar-refractivity contribution in [1.29, 1.82) is 0 Å². The van der Waals surface area contributed by atoms with Gasteiger partial charge in [-0.15, -0.1) is 10.2 Å². The number of halogens is 1. The first kappa shape index (κ1) is 14.5. The van der Waals surface area contributed by atoms with Crippen LogP contribution in [0.1, 0.15) is 16.1 Å². The molecule has 0 aliphatic heterocycles. The van der Waals surface area contributed by atoms with E-state index >= 15 is 0 Å². The van der Waals surface area contributed by atoms with Gasteiger partial charge in [0.25, 0.3) is 5.91 Å². The smallest absolute Gasteiger partial charge is 0.269 e. The van der Waals surface area contributed by atoms with Crippen LogP contribution in [0.15, 0.2) is 40.9 Å². The van der Waals surface area contributed by atoms with E-state index in [9.17, 15) is 4.79 Å². The van der Waals surface area contributed by atoms with Crippen LogP contribution in [0.2, 0.25) is 0 Å². The molecule has 104 valence electrons. The summed E-state index contributed by atoms with van der Waals surface area (Å²) in [5, 5.41) is 7.79. The highest BCUT2D eigenvalue weighted by molar-refractivity contribution is 9.10. The fraction of sp³-hybridized carbons (Fsp3) is 0.214. The number of rotatable bonds is 5. The van der Waals surface area contributed by atoms with Gasteiger partial charge in [0.05, 0.1) is 0 Å². The predicted octanol–water partition coefficient (Wildman–Crippen LogP) is 2.02. The molecule has 0 bridgehead atoms. The fourth-order valence-corrected chi connectivity index (χ4v) is 1.99. The lowest BCUT2D eigenvalue weighted by Crippen LogP contribution is -2.22. The van der Waals surface area contributed by atoms with Gasteiger partial charge < -0.3 is 10.6 Å². The van der Waals surface area contributed by atoms with Crippen molar-refractivity contribution in [3.63, 3.8) is 0 Å². The molecule has 0 radical (unpaired) electrons. The van der Waals surface area contributed by atoms with E-state index in [4.69, 9.17) is 5.73 Å². The highest BCUT2D eigenvalue weighted by Crippen LogP contribution is 2.12. The third kappa shape index (κ3) is 3.77. The van der Waals surface area contributed by atoms with Crippen LogP contribution in [0.5, 0.6) is 0 Å². The second-order valence-electron chi connectivity index (χ2n) is 4.44. The normalized spacial score (nSPS) is 10.3. The van der Waals surface area contributed by atoms with Crippen molar-refractivity contribution in [3.8, 4) is 0 Å². The molecule has 2 N–H and O–H groups in total. The Labute approximate surface area is 125 Å². The van der Waals surface area contributed by atoms with Crippen molar-refractivity contribution in [3.05, 3.63) is 52.1 Å². The monoisotopic (exact) mass is 334 g/mol. The van der Waals surface area contributed by atoms with Crippen LogP contribution in [0.4, 0.5) is 5.82 Å². The van der Waals surface area contributed by atoms with Gasteiger partial charge >= 0.3 is 0 Å². The first-order valence-corrected chi connectivity index (χ1v) is 6.94. The van der Waals surface area contributed by atoms with E-state index in [-0.39, 0.29) is 5.69 Å². The Morgan fingerprint density at radius 2 is 1.90 bits per heavy atom. The maximum absolute atomic E-state index is 10.9. The van der Waals surface area contributed by atoms with Crippen LogP contribution < -0.4 is 10.6 Å². The van der Waals surface area contributed by atoms with Gasteiger partial charge in [0.15, 0.2) is 11.5 Å². The highest BCUT2D eigenvalue weighted by Gasteiger charge is 2.06. The number of likely N-dealkylation sites (N-methyl/N-ethyl adjacent to an activating group) is 1. The Balaban J connectivity index is 1.95. The molecule has 6 heteroatoms. The second-order valence-corrected chi connectivity index (χ2v) is 5.35. The summed E-state index contributed by atoms with van der Waals surface area (Å²) in [5.41, 5.74) is 6.56. The first-order valence-electron chi connectivity index (χ1n) is 6.15. The van der Waals surface area contributed by atoms with Gasteiger partial charge in [0.2, 0.25) is 0 Å². The summed E-state index contributed by atoms with van der Waals surface area (Å²) < 4.78 is 1.07. The van der Waals surface area contributed by atoms with Gasteiger partial charge in [-0.2, -0.15) is 0 Å². The molecule has 0 spiro atoms. The molecule has 1 amide bonds. The minimum Gasteiger partial charge on any atom is -0.364 e. The molecule has 0 aliphatic rings. The van der Waals surface area contributed by atoms with Crippen molar-refractivity contribution in [2.45, 2.75) is 6.42 Å². The molecule has 5 nitrogen and oxygen atoms in total. The Hall–Kier alpha value is -1.95. The van der Waals surface area contributed by atoms with E-state index in [0.717, 1.165) is 17.4 Å². The summed E-state index contributed by atoms with van der Waals surface area (Å²) >= 11 is 3.41. The predicted molar refractivity (Wildman–Crippen MR) is 81.7 cm³/mol. The standard InChI is InChI=1S/C14H15BrN4O/c1-19(9-8-10-2-4-11(15)5-3-10)13-7-6-12(14(16)20)17-18-13/h2-7H,8-9H2,1H3,(H2,16,20). The lowest BCUT2D eigenvalue weighted by molar-refractivity contribution is 0.0994. The second kappa shape index (κ2) is 6.47. The molecular weight excluding hydrogens is 320 g/mol. The van der Waals surface area contributed by atoms with E-state index in [1.54, 1.807) is 12.1 Å². The summed E-state index contributed by atoms with van der Waals surface area (Å²) in [6, 6.07) is 11.5. The van der Waals surface area contributed by atoms with Crippen LogP contribution in [-0.2, 0) is 6.42 Å². The maximum Gasteiger partial charge on any atom is 0.269 e. The number of anilines is 1. The lowest BCUT2D eigenvalue weighted by Gasteiger charge is -2.17. The zero-order chi connectivity index (χ0) is 14.5. The first-order chi connectivity index (χ1) is 9.56. The number of nitrogens with two attached hydrogens (primary N) is 1. The van der Waals surface area contributed by atoms with E-state index in [1.165, 1.54) is 5.56 Å². The van der Waals surface area contributed by atoms with E-state index in [1.807, 2.05) is 24.1 Å². The Morgan fingerprint density at radius 1 is 1.20 bits per heavy atom. The highest BCUT2D eigenvalue weighted by atomic mass is 79.9. The van der Waals surface area contributed by atoms with Gasteiger partial charge in [-0.05, 0) is 36.2 Å². The number of carbonyl (C=O) groups is 1. The largest absolute Gasteiger partial charge is 0.364 e. The molecule has 1 aromatic carbocycles. The summed E-state index contributed by atoms with van der Waals surface area (Å²) in [7, 11) is 1.94. The summed E-state index contributed by atoms with van der Waals surface area (Å²) in [4.78, 5) is 12.9. The molecule has 0 aliphatic carbocycles. The summed E-state index contributed by atoms with van der Waals surface area (Å²) in [6.45, 7) is 0.812. The van der Waals surface area contributed by atoms with E-state index in [0.29, 0.717) is 5.82 Å². The van der Waals surface area contributed by atoms with Gasteiger partial charge in [-0.25, -0.2) is 0 Å². The summed E-state index contributed by atoms with van der Waals surface area (Å²) in [6.07, 6.45) is 0.906. The number of carbonyl (C=O) groups excluding carboxylic acids is 1.